The van der Waals surface area contributed by atoms with Gasteiger partial charge in [-0.05, 0) is 68.9 Å². The van der Waals surface area contributed by atoms with E-state index in [1.165, 1.54) is 38.1 Å². The van der Waals surface area contributed by atoms with Crippen LogP contribution < -0.4 is 29.9 Å². The zero-order valence-corrected chi connectivity index (χ0v) is 34.8. The fourth-order valence-corrected chi connectivity index (χ4v) is 8.18. The molecule has 0 aliphatic carbocycles. The topological polar surface area (TPSA) is 194 Å². The molecule has 2 fully saturated rings. The number of carbonyl (C=O) groups excluding carboxylic acids is 5. The number of imide groups is 1. The fraction of sp³-hybridized carbons (Fsp3) is 0.286. The normalized spacial score (nSPS) is 18.3. The highest BCUT2D eigenvalue weighted by Gasteiger charge is 2.52. The number of ether oxygens (including phenoxy) is 2. The lowest BCUT2D eigenvalue weighted by molar-refractivity contribution is -0.141. The van der Waals surface area contributed by atoms with E-state index in [0.29, 0.717) is 23.1 Å². The molecule has 15 nitrogen and oxygen atoms in total. The SMILES string of the molecule is CC1(C)C(=O)N(c2ccc(C#N)c(C(F)(F)F)c2F)C(=S)N1c1cnc(-c2ccc(OCCNC(=O)COc3cccc4c3C(=O)N(C3CCC(=O)NC3=O)C4O)cc2C(F)(F)F)c(F)c1. The number of carbonyl (C=O) groups is 5. The molecule has 1 aromatic heterocycles. The fourth-order valence-electron chi connectivity index (χ4n) is 7.67. The average Bonchev–Trinajstić information content (AvgIpc) is 3.59. The van der Waals surface area contributed by atoms with Crippen molar-refractivity contribution in [3.8, 4) is 28.8 Å². The summed E-state index contributed by atoms with van der Waals surface area (Å²) in [4.78, 5) is 69.6. The monoisotopic (exact) mass is 945 g/mol. The van der Waals surface area contributed by atoms with Crippen molar-refractivity contribution in [2.45, 2.75) is 56.9 Å². The van der Waals surface area contributed by atoms with Crippen molar-refractivity contribution in [2.24, 2.45) is 0 Å². The first-order valence-electron chi connectivity index (χ1n) is 19.3. The van der Waals surface area contributed by atoms with Gasteiger partial charge in [0.1, 0.15) is 40.9 Å². The van der Waals surface area contributed by atoms with E-state index < -0.39 is 117 Å². The summed E-state index contributed by atoms with van der Waals surface area (Å²) in [7, 11) is 0. The van der Waals surface area contributed by atoms with Crippen molar-refractivity contribution in [3.05, 3.63) is 100 Å². The van der Waals surface area contributed by atoms with E-state index >= 15 is 8.78 Å². The number of hydrogen-bond donors (Lipinski definition) is 3. The Morgan fingerprint density at radius 1 is 1.03 bits per heavy atom. The lowest BCUT2D eigenvalue weighted by Gasteiger charge is -2.31. The molecule has 0 spiro atoms. The number of nitriles is 1. The molecule has 5 amide bonds. The molecule has 3 aromatic carbocycles. The summed E-state index contributed by atoms with van der Waals surface area (Å²) >= 11 is 5.34. The number of piperidine rings is 1. The molecule has 2 unspecified atom stereocenters. The molecule has 0 saturated carbocycles. The predicted octanol–water partition coefficient (Wildman–Crippen LogP) is 5.68. The lowest BCUT2D eigenvalue weighted by atomic mass is 10.0. The van der Waals surface area contributed by atoms with E-state index in [4.69, 9.17) is 27.0 Å². The first kappa shape index (κ1) is 46.7. The molecule has 4 aromatic rings. The van der Waals surface area contributed by atoms with Crippen LogP contribution >= 0.6 is 12.2 Å². The molecule has 3 aliphatic rings. The molecular formula is C42H31F8N7O8S. The number of hydrogen-bond acceptors (Lipinski definition) is 11. The second-order valence-electron chi connectivity index (χ2n) is 15.2. The van der Waals surface area contributed by atoms with E-state index in [0.717, 1.165) is 34.2 Å². The smallest absolute Gasteiger partial charge is 0.420 e. The van der Waals surface area contributed by atoms with Crippen LogP contribution in [0.4, 0.5) is 46.5 Å². The van der Waals surface area contributed by atoms with Crippen LogP contribution in [0.15, 0.2) is 60.8 Å². The van der Waals surface area contributed by atoms with Gasteiger partial charge in [0.25, 0.3) is 17.7 Å². The standard InChI is InChI=1S/C42H31F8N7O8S/c1-40(2)38(63)56(26-9-6-19(16-51)32(33(26)44)42(48,49)50)39(66)57(40)20-14-25(43)34(53-17-20)22-8-7-21(15-24(22)41(45,46)47)64-13-12-52-30(59)18-65-28-5-3-4-23-31(28)37(62)55(36(23)61)27-10-11-29(58)54-35(27)60/h3-9,14-15,17,27,36,61H,10-13,18H2,1-2H3,(H,52,59)(H,54,58,60). The van der Waals surface area contributed by atoms with Crippen LogP contribution in [0.1, 0.15) is 65.5 Å². The van der Waals surface area contributed by atoms with Crippen LogP contribution in [0, 0.1) is 23.0 Å². The molecule has 66 heavy (non-hydrogen) atoms. The van der Waals surface area contributed by atoms with E-state index in [9.17, 15) is 55.4 Å². The summed E-state index contributed by atoms with van der Waals surface area (Å²) in [5, 5.41) is 23.9. The minimum atomic E-state index is -5.35. The largest absolute Gasteiger partial charge is 0.492 e. The number of anilines is 2. The highest BCUT2D eigenvalue weighted by atomic mass is 32.1. The number of pyridine rings is 1. The maximum Gasteiger partial charge on any atom is 0.420 e. The number of thiocarbonyl (C=S) groups is 1. The van der Waals surface area contributed by atoms with E-state index in [-0.39, 0.29) is 54.3 Å². The number of aliphatic hydroxyl groups excluding tert-OH is 1. The van der Waals surface area contributed by atoms with Crippen LogP contribution in [0.25, 0.3) is 11.3 Å². The first-order valence-corrected chi connectivity index (χ1v) is 19.7. The molecule has 7 rings (SSSR count). The Labute approximate surface area is 372 Å². The number of rotatable bonds is 11. The number of alkyl halides is 6. The lowest BCUT2D eigenvalue weighted by Crippen LogP contribution is -2.53. The van der Waals surface area contributed by atoms with Gasteiger partial charge in [-0.25, -0.2) is 8.78 Å². The van der Waals surface area contributed by atoms with Gasteiger partial charge in [0, 0.05) is 23.6 Å². The second kappa shape index (κ2) is 17.3. The van der Waals surface area contributed by atoms with E-state index in [1.807, 2.05) is 0 Å². The molecular weight excluding hydrogens is 915 g/mol. The van der Waals surface area contributed by atoms with Crippen LogP contribution in [0.2, 0.25) is 0 Å². The van der Waals surface area contributed by atoms with Crippen molar-refractivity contribution >= 4 is 58.2 Å². The number of fused-ring (bicyclic) bond motifs is 1. The average molecular weight is 946 g/mol. The maximum atomic E-state index is 15.9. The number of nitrogens with zero attached hydrogens (tertiary/aromatic N) is 5. The molecule has 2 atom stereocenters. The predicted molar refractivity (Wildman–Crippen MR) is 215 cm³/mol. The van der Waals surface area contributed by atoms with Gasteiger partial charge >= 0.3 is 12.4 Å². The number of benzene rings is 3. The molecule has 344 valence electrons. The molecule has 0 bridgehead atoms. The van der Waals surface area contributed by atoms with Gasteiger partial charge in [0.2, 0.25) is 11.8 Å². The van der Waals surface area contributed by atoms with Crippen molar-refractivity contribution in [1.82, 2.24) is 20.5 Å². The zero-order chi connectivity index (χ0) is 48.2. The number of aromatic nitrogens is 1. The number of amides is 5. The highest BCUT2D eigenvalue weighted by Crippen LogP contribution is 2.44. The Morgan fingerprint density at radius 3 is 2.41 bits per heavy atom. The number of nitrogens with one attached hydrogen (secondary N) is 2. The van der Waals surface area contributed by atoms with E-state index in [1.54, 1.807) is 0 Å². The third kappa shape index (κ3) is 8.41. The van der Waals surface area contributed by atoms with Crippen molar-refractivity contribution in [1.29, 1.82) is 5.26 Å². The summed E-state index contributed by atoms with van der Waals surface area (Å²) in [6.07, 6.45) is -11.2. The van der Waals surface area contributed by atoms with Crippen LogP contribution in [0.3, 0.4) is 0 Å². The maximum absolute atomic E-state index is 15.9. The second-order valence-corrected chi connectivity index (χ2v) is 15.6. The first-order chi connectivity index (χ1) is 31.0. The van der Waals surface area contributed by atoms with Crippen LogP contribution in [-0.2, 0) is 31.5 Å². The van der Waals surface area contributed by atoms with Crippen molar-refractivity contribution in [3.63, 3.8) is 0 Å². The molecule has 2 saturated heterocycles. The Morgan fingerprint density at radius 2 is 1.76 bits per heavy atom. The number of halogens is 8. The van der Waals surface area contributed by atoms with Gasteiger partial charge < -0.3 is 24.8 Å². The molecule has 0 radical (unpaired) electrons. The molecule has 4 heterocycles. The Balaban J connectivity index is 1.01. The minimum absolute atomic E-state index is 0.0216. The van der Waals surface area contributed by atoms with Gasteiger partial charge in [-0.15, -0.1) is 0 Å². The minimum Gasteiger partial charge on any atom is -0.492 e. The van der Waals surface area contributed by atoms with Gasteiger partial charge in [-0.1, -0.05) is 12.1 Å². The van der Waals surface area contributed by atoms with Gasteiger partial charge in [-0.3, -0.25) is 44.1 Å². The Bertz CT molecular complexity index is 2780. The third-order valence-electron chi connectivity index (χ3n) is 10.7. The van der Waals surface area contributed by atoms with Crippen molar-refractivity contribution in [2.75, 3.05) is 29.6 Å². The summed E-state index contributed by atoms with van der Waals surface area (Å²) in [5.74, 6) is -7.63. The zero-order valence-electron chi connectivity index (χ0n) is 33.9. The van der Waals surface area contributed by atoms with Crippen LogP contribution in [0.5, 0.6) is 11.5 Å². The Hall–Kier alpha value is -7.26. The van der Waals surface area contributed by atoms with E-state index in [2.05, 4.69) is 15.6 Å². The highest BCUT2D eigenvalue weighted by molar-refractivity contribution is 7.81. The third-order valence-corrected chi connectivity index (χ3v) is 11.1. The van der Waals surface area contributed by atoms with Crippen molar-refractivity contribution < 1.29 is 73.7 Å². The Kier molecular flexibility index (Phi) is 12.2. The summed E-state index contributed by atoms with van der Waals surface area (Å²) in [5.41, 5.74) is -9.08. The van der Waals surface area contributed by atoms with Gasteiger partial charge in [-0.2, -0.15) is 31.6 Å². The summed E-state index contributed by atoms with van der Waals surface area (Å²) in [6, 6.07) is 8.89. The molecule has 24 heteroatoms. The quantitative estimate of drug-likeness (QED) is 0.0723. The van der Waals surface area contributed by atoms with Gasteiger partial charge in [0.05, 0.1) is 46.9 Å². The summed E-state index contributed by atoms with van der Waals surface area (Å²) in [6.45, 7) is 1.17. The van der Waals surface area contributed by atoms with Gasteiger partial charge in [0.15, 0.2) is 29.6 Å². The number of aliphatic hydroxyl groups is 1. The molecule has 3 N–H and O–H groups in total. The summed E-state index contributed by atoms with van der Waals surface area (Å²) < 4.78 is 127. The van der Waals surface area contributed by atoms with Crippen LogP contribution in [-0.4, -0.2) is 81.0 Å². The molecule has 3 aliphatic heterocycles.